The van der Waals surface area contributed by atoms with E-state index in [2.05, 4.69) is 13.8 Å². The normalized spacial score (nSPS) is 32.1. The molecule has 0 heterocycles. The molecule has 78 valence electrons. The van der Waals surface area contributed by atoms with Gasteiger partial charge in [0.2, 0.25) is 0 Å². The molecule has 1 rings (SSSR count). The molecule has 1 fully saturated rings. The van der Waals surface area contributed by atoms with Gasteiger partial charge in [0.15, 0.2) is 0 Å². The second kappa shape index (κ2) is 4.97. The topological polar surface area (TPSA) is 52.0 Å². The van der Waals surface area contributed by atoms with Gasteiger partial charge in [-0.15, -0.1) is 0 Å². The van der Waals surface area contributed by atoms with Crippen molar-refractivity contribution in [3.63, 3.8) is 0 Å². The van der Waals surface area contributed by atoms with Crippen molar-refractivity contribution < 1.29 is 0 Å². The fourth-order valence-electron chi connectivity index (χ4n) is 2.31. The Hall–Kier alpha value is -0.0800. The first-order chi connectivity index (χ1) is 6.09. The van der Waals surface area contributed by atoms with Crippen molar-refractivity contribution in [2.24, 2.45) is 23.3 Å². The second-order valence-corrected chi connectivity index (χ2v) is 4.97. The maximum Gasteiger partial charge on any atom is 0.00696 e. The molecular formula is C11H24N2. The van der Waals surface area contributed by atoms with Gasteiger partial charge in [-0.1, -0.05) is 13.8 Å². The van der Waals surface area contributed by atoms with E-state index in [-0.39, 0.29) is 0 Å². The van der Waals surface area contributed by atoms with Crippen molar-refractivity contribution in [2.45, 2.75) is 58.0 Å². The van der Waals surface area contributed by atoms with Crippen molar-refractivity contribution in [1.29, 1.82) is 0 Å². The Balaban J connectivity index is 2.27. The number of hydrogen-bond donors (Lipinski definition) is 2. The van der Waals surface area contributed by atoms with Crippen molar-refractivity contribution >= 4 is 0 Å². The molecule has 1 aliphatic carbocycles. The van der Waals surface area contributed by atoms with Gasteiger partial charge in [-0.05, 0) is 43.9 Å². The Bertz CT molecular complexity index is 137. The Morgan fingerprint density at radius 2 is 1.69 bits per heavy atom. The molecule has 1 atom stereocenters. The minimum absolute atomic E-state index is 0.410. The fourth-order valence-corrected chi connectivity index (χ4v) is 2.31. The van der Waals surface area contributed by atoms with E-state index in [9.17, 15) is 0 Å². The summed E-state index contributed by atoms with van der Waals surface area (Å²) >= 11 is 0. The van der Waals surface area contributed by atoms with Crippen LogP contribution in [0.2, 0.25) is 0 Å². The quantitative estimate of drug-likeness (QED) is 0.703. The molecule has 0 aromatic rings. The highest BCUT2D eigenvalue weighted by atomic mass is 14.7. The van der Waals surface area contributed by atoms with Gasteiger partial charge in [0.25, 0.3) is 0 Å². The Labute approximate surface area is 82.1 Å². The fraction of sp³-hybridized carbons (Fsp3) is 1.00. The molecule has 0 spiro atoms. The molecule has 2 nitrogen and oxygen atoms in total. The third-order valence-corrected chi connectivity index (χ3v) is 3.17. The van der Waals surface area contributed by atoms with Crippen LogP contribution in [-0.4, -0.2) is 12.1 Å². The van der Waals surface area contributed by atoms with E-state index in [4.69, 9.17) is 11.5 Å². The highest BCUT2D eigenvalue weighted by Gasteiger charge is 2.23. The van der Waals surface area contributed by atoms with Crippen molar-refractivity contribution in [3.05, 3.63) is 0 Å². The highest BCUT2D eigenvalue weighted by molar-refractivity contribution is 4.81. The van der Waals surface area contributed by atoms with E-state index in [1.54, 1.807) is 0 Å². The van der Waals surface area contributed by atoms with Crippen LogP contribution < -0.4 is 11.5 Å². The lowest BCUT2D eigenvalue weighted by atomic mass is 9.80. The maximum atomic E-state index is 6.15. The molecule has 4 N–H and O–H groups in total. The third-order valence-electron chi connectivity index (χ3n) is 3.17. The van der Waals surface area contributed by atoms with Crippen LogP contribution in [0, 0.1) is 11.8 Å². The summed E-state index contributed by atoms with van der Waals surface area (Å²) < 4.78 is 0. The first-order valence-corrected chi connectivity index (χ1v) is 5.60. The Kier molecular flexibility index (Phi) is 4.20. The van der Waals surface area contributed by atoms with Crippen LogP contribution in [0.1, 0.15) is 46.0 Å². The van der Waals surface area contributed by atoms with Crippen LogP contribution in [0.4, 0.5) is 0 Å². The first kappa shape index (κ1) is 11.0. The van der Waals surface area contributed by atoms with Gasteiger partial charge in [0.05, 0.1) is 0 Å². The summed E-state index contributed by atoms with van der Waals surface area (Å²) in [6, 6.07) is 0.856. The van der Waals surface area contributed by atoms with Crippen molar-refractivity contribution in [1.82, 2.24) is 0 Å². The van der Waals surface area contributed by atoms with Gasteiger partial charge in [0.1, 0.15) is 0 Å². The SMILES string of the molecule is CC(C)CC(N)C1CCC(N)CC1. The summed E-state index contributed by atoms with van der Waals surface area (Å²) in [6.07, 6.45) is 6.01. The predicted molar refractivity (Wildman–Crippen MR) is 57.4 cm³/mol. The minimum atomic E-state index is 0.410. The smallest absolute Gasteiger partial charge is 0.00696 e. The lowest BCUT2D eigenvalue weighted by Crippen LogP contribution is -2.37. The van der Waals surface area contributed by atoms with Crippen LogP contribution in [-0.2, 0) is 0 Å². The molecular weight excluding hydrogens is 160 g/mol. The first-order valence-electron chi connectivity index (χ1n) is 5.60. The van der Waals surface area contributed by atoms with Crippen molar-refractivity contribution in [2.75, 3.05) is 0 Å². The monoisotopic (exact) mass is 184 g/mol. The zero-order valence-electron chi connectivity index (χ0n) is 9.00. The standard InChI is InChI=1S/C11H24N2/c1-8(2)7-11(13)9-3-5-10(12)6-4-9/h8-11H,3-7,12-13H2,1-2H3. The van der Waals surface area contributed by atoms with E-state index in [0.29, 0.717) is 12.1 Å². The minimum Gasteiger partial charge on any atom is -0.328 e. The molecule has 0 aromatic heterocycles. The summed E-state index contributed by atoms with van der Waals surface area (Å²) in [7, 11) is 0. The molecule has 0 radical (unpaired) electrons. The molecule has 1 saturated carbocycles. The predicted octanol–water partition coefficient (Wildman–Crippen LogP) is 1.88. The molecule has 0 aliphatic heterocycles. The molecule has 0 amide bonds. The molecule has 1 unspecified atom stereocenters. The molecule has 0 saturated heterocycles. The highest BCUT2D eigenvalue weighted by Crippen LogP contribution is 2.27. The molecule has 0 bridgehead atoms. The maximum absolute atomic E-state index is 6.15. The van der Waals surface area contributed by atoms with E-state index in [1.807, 2.05) is 0 Å². The van der Waals surface area contributed by atoms with E-state index < -0.39 is 0 Å². The Morgan fingerprint density at radius 1 is 1.15 bits per heavy atom. The third kappa shape index (κ3) is 3.65. The van der Waals surface area contributed by atoms with Gasteiger partial charge in [-0.2, -0.15) is 0 Å². The molecule has 2 heteroatoms. The summed E-state index contributed by atoms with van der Waals surface area (Å²) in [5.41, 5.74) is 12.0. The summed E-state index contributed by atoms with van der Waals surface area (Å²) in [5, 5.41) is 0. The number of nitrogens with two attached hydrogens (primary N) is 2. The zero-order chi connectivity index (χ0) is 9.84. The Morgan fingerprint density at radius 3 is 2.15 bits per heavy atom. The lowest BCUT2D eigenvalue weighted by Gasteiger charge is -2.31. The van der Waals surface area contributed by atoms with Gasteiger partial charge in [-0.3, -0.25) is 0 Å². The molecule has 13 heavy (non-hydrogen) atoms. The van der Waals surface area contributed by atoms with Crippen LogP contribution in [0.25, 0.3) is 0 Å². The molecule has 0 aromatic carbocycles. The van der Waals surface area contributed by atoms with Crippen LogP contribution >= 0.6 is 0 Å². The summed E-state index contributed by atoms with van der Waals surface area (Å²) in [5.74, 6) is 1.47. The van der Waals surface area contributed by atoms with Gasteiger partial charge in [-0.25, -0.2) is 0 Å². The van der Waals surface area contributed by atoms with Crippen LogP contribution in [0.5, 0.6) is 0 Å². The average Bonchev–Trinajstić information content (AvgIpc) is 2.04. The van der Waals surface area contributed by atoms with Crippen LogP contribution in [0.3, 0.4) is 0 Å². The van der Waals surface area contributed by atoms with E-state index >= 15 is 0 Å². The number of hydrogen-bond acceptors (Lipinski definition) is 2. The zero-order valence-corrected chi connectivity index (χ0v) is 9.00. The van der Waals surface area contributed by atoms with Crippen molar-refractivity contribution in [3.8, 4) is 0 Å². The van der Waals surface area contributed by atoms with Gasteiger partial charge >= 0.3 is 0 Å². The summed E-state index contributed by atoms with van der Waals surface area (Å²) in [4.78, 5) is 0. The van der Waals surface area contributed by atoms with Gasteiger partial charge < -0.3 is 11.5 Å². The lowest BCUT2D eigenvalue weighted by molar-refractivity contribution is 0.261. The largest absolute Gasteiger partial charge is 0.328 e. The average molecular weight is 184 g/mol. The summed E-state index contributed by atoms with van der Waals surface area (Å²) in [6.45, 7) is 4.49. The van der Waals surface area contributed by atoms with E-state index in [0.717, 1.165) is 11.8 Å². The number of rotatable bonds is 3. The molecule has 1 aliphatic rings. The van der Waals surface area contributed by atoms with Gasteiger partial charge in [0, 0.05) is 12.1 Å². The second-order valence-electron chi connectivity index (χ2n) is 4.97. The van der Waals surface area contributed by atoms with Crippen LogP contribution in [0.15, 0.2) is 0 Å². The van der Waals surface area contributed by atoms with E-state index in [1.165, 1.54) is 32.1 Å².